The predicted molar refractivity (Wildman–Crippen MR) is 66.6 cm³/mol. The lowest BCUT2D eigenvalue weighted by atomic mass is 9.79. The number of carboxylic acids is 1. The molecule has 0 spiro atoms. The summed E-state index contributed by atoms with van der Waals surface area (Å²) in [4.78, 5) is 21.8. The first-order valence-electron chi connectivity index (χ1n) is 5.70. The molecule has 0 saturated heterocycles. The van der Waals surface area contributed by atoms with E-state index in [1.807, 2.05) is 26.0 Å². The van der Waals surface area contributed by atoms with Crippen LogP contribution in [-0.4, -0.2) is 16.9 Å². The number of carbonyl (C=O) groups is 2. The molecule has 0 aliphatic heterocycles. The van der Waals surface area contributed by atoms with Crippen molar-refractivity contribution in [3.8, 4) is 0 Å². The van der Waals surface area contributed by atoms with Crippen LogP contribution in [0.4, 0.5) is 0 Å². The summed E-state index contributed by atoms with van der Waals surface area (Å²) < 4.78 is 0. The molecule has 0 aromatic heterocycles. The minimum atomic E-state index is -0.939. The highest BCUT2D eigenvalue weighted by Gasteiger charge is 2.23. The van der Waals surface area contributed by atoms with Gasteiger partial charge in [0, 0.05) is 18.4 Å². The highest BCUT2D eigenvalue weighted by atomic mass is 16.4. The number of carbonyl (C=O) groups excluding carboxylic acids is 1. The molecule has 3 heteroatoms. The Hall–Kier alpha value is -1.64. The molecule has 0 saturated carbocycles. The van der Waals surface area contributed by atoms with Gasteiger partial charge >= 0.3 is 5.97 Å². The maximum atomic E-state index is 11.3. The third-order valence-electron chi connectivity index (χ3n) is 2.97. The van der Waals surface area contributed by atoms with Gasteiger partial charge in [0.25, 0.3) is 0 Å². The van der Waals surface area contributed by atoms with Crippen LogP contribution < -0.4 is 0 Å². The zero-order chi connectivity index (χ0) is 13.0. The average Bonchev–Trinajstić information content (AvgIpc) is 2.14. The van der Waals surface area contributed by atoms with Gasteiger partial charge in [-0.25, -0.2) is 4.79 Å². The zero-order valence-corrected chi connectivity index (χ0v) is 10.4. The first kappa shape index (κ1) is 13.4. The molecule has 0 fully saturated rings. The minimum Gasteiger partial charge on any atom is -0.478 e. The van der Waals surface area contributed by atoms with Crippen molar-refractivity contribution < 1.29 is 14.7 Å². The molecular weight excluding hydrogens is 216 g/mol. The Morgan fingerprint density at radius 3 is 2.71 bits per heavy atom. The minimum absolute atomic E-state index is 0.178. The molecule has 0 radical (unpaired) electrons. The van der Waals surface area contributed by atoms with Gasteiger partial charge < -0.3 is 5.11 Å². The lowest BCUT2D eigenvalue weighted by Crippen LogP contribution is -2.20. The number of allylic oxidation sites excluding steroid dienone is 5. The Bertz CT molecular complexity index is 413. The monoisotopic (exact) mass is 234 g/mol. The fourth-order valence-corrected chi connectivity index (χ4v) is 2.14. The molecule has 1 rings (SSSR count). The highest BCUT2D eigenvalue weighted by molar-refractivity contribution is 5.91. The van der Waals surface area contributed by atoms with Crippen molar-refractivity contribution in [1.82, 2.24) is 0 Å². The number of rotatable bonds is 3. The number of carboxylic acid groups (broad SMARTS) is 1. The Morgan fingerprint density at radius 2 is 2.18 bits per heavy atom. The normalized spacial score (nSPS) is 26.2. The molecular formula is C14H18O3. The van der Waals surface area contributed by atoms with Gasteiger partial charge in [-0.3, -0.25) is 4.79 Å². The van der Waals surface area contributed by atoms with E-state index in [4.69, 9.17) is 5.11 Å². The van der Waals surface area contributed by atoms with Crippen LogP contribution in [0, 0.1) is 11.8 Å². The summed E-state index contributed by atoms with van der Waals surface area (Å²) >= 11 is 0. The number of hydrogen-bond donors (Lipinski definition) is 1. The summed E-state index contributed by atoms with van der Waals surface area (Å²) in [5.74, 6) is -0.255. The predicted octanol–water partition coefficient (Wildman–Crippen LogP) is 2.74. The quantitative estimate of drug-likeness (QED) is 0.603. The summed E-state index contributed by atoms with van der Waals surface area (Å²) in [5.41, 5.74) is 1.75. The van der Waals surface area contributed by atoms with E-state index in [1.54, 1.807) is 13.0 Å². The molecule has 0 heterocycles. The van der Waals surface area contributed by atoms with Crippen LogP contribution >= 0.6 is 0 Å². The fourth-order valence-electron chi connectivity index (χ4n) is 2.14. The highest BCUT2D eigenvalue weighted by Crippen LogP contribution is 2.29. The van der Waals surface area contributed by atoms with E-state index in [9.17, 15) is 9.59 Å². The molecule has 0 amide bonds. The lowest BCUT2D eigenvalue weighted by Gasteiger charge is -2.25. The molecule has 0 aromatic rings. The van der Waals surface area contributed by atoms with E-state index in [0.717, 1.165) is 5.57 Å². The molecule has 1 unspecified atom stereocenters. The van der Waals surface area contributed by atoms with E-state index in [0.29, 0.717) is 12.0 Å². The van der Waals surface area contributed by atoms with E-state index in [-0.39, 0.29) is 17.6 Å². The van der Waals surface area contributed by atoms with Crippen molar-refractivity contribution in [2.45, 2.75) is 27.2 Å². The molecule has 0 aromatic carbocycles. The van der Waals surface area contributed by atoms with Crippen molar-refractivity contribution in [3.05, 3.63) is 35.5 Å². The van der Waals surface area contributed by atoms with Crippen LogP contribution in [0.15, 0.2) is 35.5 Å². The van der Waals surface area contributed by atoms with Crippen molar-refractivity contribution in [1.29, 1.82) is 0 Å². The SMILES string of the molecule is CC1=CC(=O)C[C@@H](C)C1/C=C/C(C)=C\C(=O)O. The van der Waals surface area contributed by atoms with Gasteiger partial charge in [-0.2, -0.15) is 0 Å². The maximum absolute atomic E-state index is 11.3. The van der Waals surface area contributed by atoms with Gasteiger partial charge in [0.15, 0.2) is 5.78 Å². The maximum Gasteiger partial charge on any atom is 0.328 e. The Balaban J connectivity index is 2.81. The van der Waals surface area contributed by atoms with Gasteiger partial charge in [0.1, 0.15) is 0 Å². The average molecular weight is 234 g/mol. The summed E-state index contributed by atoms with van der Waals surface area (Å²) in [6.07, 6.45) is 7.22. The van der Waals surface area contributed by atoms with Crippen molar-refractivity contribution in [2.24, 2.45) is 11.8 Å². The zero-order valence-electron chi connectivity index (χ0n) is 10.4. The molecule has 1 N–H and O–H groups in total. The van der Waals surface area contributed by atoms with Gasteiger partial charge in [-0.15, -0.1) is 0 Å². The van der Waals surface area contributed by atoms with Crippen LogP contribution in [0.5, 0.6) is 0 Å². The van der Waals surface area contributed by atoms with Crippen molar-refractivity contribution in [3.63, 3.8) is 0 Å². The number of aliphatic carboxylic acids is 1. The van der Waals surface area contributed by atoms with Gasteiger partial charge in [0.05, 0.1) is 0 Å². The molecule has 1 aliphatic carbocycles. The van der Waals surface area contributed by atoms with Crippen molar-refractivity contribution in [2.75, 3.05) is 0 Å². The van der Waals surface area contributed by atoms with Crippen LogP contribution in [-0.2, 0) is 9.59 Å². The lowest BCUT2D eigenvalue weighted by molar-refractivity contribution is -0.131. The molecule has 92 valence electrons. The standard InChI is InChI=1S/C14H18O3/c1-9(6-14(16)17)4-5-13-10(2)7-12(15)8-11(13)3/h4-7,11,13H,8H2,1-3H3,(H,16,17)/b5-4+,9-6-/t11-,13?/m1/s1. The second kappa shape index (κ2) is 5.62. The Kier molecular flexibility index (Phi) is 4.44. The van der Waals surface area contributed by atoms with Gasteiger partial charge in [-0.05, 0) is 31.4 Å². The van der Waals surface area contributed by atoms with E-state index < -0.39 is 5.97 Å². The second-order valence-corrected chi connectivity index (χ2v) is 4.65. The summed E-state index contributed by atoms with van der Waals surface area (Å²) in [7, 11) is 0. The largest absolute Gasteiger partial charge is 0.478 e. The second-order valence-electron chi connectivity index (χ2n) is 4.65. The van der Waals surface area contributed by atoms with Crippen LogP contribution in [0.2, 0.25) is 0 Å². The molecule has 0 bridgehead atoms. The molecule has 17 heavy (non-hydrogen) atoms. The van der Waals surface area contributed by atoms with Gasteiger partial charge in [-0.1, -0.05) is 24.6 Å². The smallest absolute Gasteiger partial charge is 0.328 e. The van der Waals surface area contributed by atoms with Crippen LogP contribution in [0.1, 0.15) is 27.2 Å². The topological polar surface area (TPSA) is 54.4 Å². The first-order chi connectivity index (χ1) is 7.90. The third-order valence-corrected chi connectivity index (χ3v) is 2.97. The first-order valence-corrected chi connectivity index (χ1v) is 5.70. The summed E-state index contributed by atoms with van der Waals surface area (Å²) in [6.45, 7) is 5.74. The fraction of sp³-hybridized carbons (Fsp3) is 0.429. The Labute approximate surface area is 102 Å². The number of ketones is 1. The molecule has 1 aliphatic rings. The van der Waals surface area contributed by atoms with E-state index in [1.165, 1.54) is 6.08 Å². The molecule has 2 atom stereocenters. The van der Waals surface area contributed by atoms with Crippen LogP contribution in [0.25, 0.3) is 0 Å². The van der Waals surface area contributed by atoms with E-state index >= 15 is 0 Å². The molecule has 3 nitrogen and oxygen atoms in total. The summed E-state index contributed by atoms with van der Waals surface area (Å²) in [5, 5.41) is 8.59. The van der Waals surface area contributed by atoms with Crippen LogP contribution in [0.3, 0.4) is 0 Å². The Morgan fingerprint density at radius 1 is 1.53 bits per heavy atom. The summed E-state index contributed by atoms with van der Waals surface area (Å²) in [6, 6.07) is 0. The van der Waals surface area contributed by atoms with Crippen molar-refractivity contribution >= 4 is 11.8 Å². The third kappa shape index (κ3) is 4.02. The number of hydrogen-bond acceptors (Lipinski definition) is 2. The van der Waals surface area contributed by atoms with Gasteiger partial charge in [0.2, 0.25) is 0 Å². The van der Waals surface area contributed by atoms with E-state index in [2.05, 4.69) is 0 Å².